The topological polar surface area (TPSA) is 117 Å². The number of nitro benzene ring substituents is 1. The molecule has 168 valence electrons. The summed E-state index contributed by atoms with van der Waals surface area (Å²) >= 11 is 0. The standard InChI is InChI=1S/C20H24FN5O4.HI/c21-15-1-3-16(4-2-15)24-9-11-25(12-10-24)20(22)23-13-18(27)14-30-19-7-5-17(6-8-19)26(28)29;/h1-8,18,27H,9-14H2,(H2,22,23);1H. The molecule has 9 nitrogen and oxygen atoms in total. The number of ether oxygens (including phenoxy) is 1. The number of halogens is 2. The summed E-state index contributed by atoms with van der Waals surface area (Å²) in [5, 5.41) is 20.7. The Labute approximate surface area is 196 Å². The second kappa shape index (κ2) is 11.6. The van der Waals surface area contributed by atoms with E-state index in [-0.39, 0.29) is 48.6 Å². The molecule has 2 aromatic carbocycles. The Morgan fingerprint density at radius 2 is 1.77 bits per heavy atom. The molecule has 0 bridgehead atoms. The van der Waals surface area contributed by atoms with Gasteiger partial charge in [-0.05, 0) is 36.4 Å². The molecule has 11 heteroatoms. The number of nitro groups is 1. The van der Waals surface area contributed by atoms with Crippen LogP contribution in [0.5, 0.6) is 5.75 Å². The Hall–Kier alpha value is -2.67. The third-order valence-corrected chi connectivity index (χ3v) is 4.75. The number of nitrogens with two attached hydrogens (primary N) is 1. The number of hydrogen-bond donors (Lipinski definition) is 2. The van der Waals surface area contributed by atoms with Crippen LogP contribution in [0.2, 0.25) is 0 Å². The number of aliphatic hydroxyl groups is 1. The minimum atomic E-state index is -0.862. The first-order chi connectivity index (χ1) is 14.4. The van der Waals surface area contributed by atoms with Crippen LogP contribution in [0.15, 0.2) is 53.5 Å². The molecule has 1 saturated heterocycles. The van der Waals surface area contributed by atoms with Crippen molar-refractivity contribution in [1.29, 1.82) is 0 Å². The monoisotopic (exact) mass is 545 g/mol. The van der Waals surface area contributed by atoms with E-state index in [1.54, 1.807) is 12.1 Å². The number of rotatable bonds is 7. The summed E-state index contributed by atoms with van der Waals surface area (Å²) in [6.07, 6.45) is -0.862. The molecule has 0 saturated carbocycles. The van der Waals surface area contributed by atoms with Crippen LogP contribution in [-0.4, -0.2) is 66.3 Å². The molecule has 0 aromatic heterocycles. The lowest BCUT2D eigenvalue weighted by atomic mass is 10.2. The van der Waals surface area contributed by atoms with Gasteiger partial charge in [-0.15, -0.1) is 24.0 Å². The van der Waals surface area contributed by atoms with Crippen LogP contribution >= 0.6 is 24.0 Å². The van der Waals surface area contributed by atoms with Crippen molar-refractivity contribution in [2.45, 2.75) is 6.10 Å². The van der Waals surface area contributed by atoms with Crippen LogP contribution in [0, 0.1) is 15.9 Å². The van der Waals surface area contributed by atoms with Crippen molar-refractivity contribution in [2.24, 2.45) is 10.7 Å². The molecule has 3 rings (SSSR count). The number of aliphatic imine (C=N–C) groups is 1. The normalized spacial score (nSPS) is 15.2. The van der Waals surface area contributed by atoms with Gasteiger partial charge in [-0.2, -0.15) is 0 Å². The molecule has 0 radical (unpaired) electrons. The van der Waals surface area contributed by atoms with Crippen LogP contribution in [0.25, 0.3) is 0 Å². The number of aliphatic hydroxyl groups excluding tert-OH is 1. The van der Waals surface area contributed by atoms with Crippen molar-refractivity contribution in [3.05, 3.63) is 64.5 Å². The Morgan fingerprint density at radius 3 is 2.35 bits per heavy atom. The van der Waals surface area contributed by atoms with E-state index in [9.17, 15) is 19.6 Å². The highest BCUT2D eigenvalue weighted by molar-refractivity contribution is 14.0. The van der Waals surface area contributed by atoms with Crippen molar-refractivity contribution in [3.63, 3.8) is 0 Å². The highest BCUT2D eigenvalue weighted by Crippen LogP contribution is 2.18. The number of piperazine rings is 1. The lowest BCUT2D eigenvalue weighted by Gasteiger charge is -2.36. The molecule has 0 spiro atoms. The zero-order valence-corrected chi connectivity index (χ0v) is 19.1. The van der Waals surface area contributed by atoms with Gasteiger partial charge in [0.25, 0.3) is 5.69 Å². The van der Waals surface area contributed by atoms with Gasteiger partial charge in [0, 0.05) is 44.0 Å². The third-order valence-electron chi connectivity index (χ3n) is 4.75. The number of benzene rings is 2. The molecule has 1 aliphatic rings. The van der Waals surface area contributed by atoms with Crippen molar-refractivity contribution < 1.29 is 19.2 Å². The number of hydrogen-bond acceptors (Lipinski definition) is 6. The van der Waals surface area contributed by atoms with Crippen molar-refractivity contribution in [2.75, 3.05) is 44.2 Å². The van der Waals surface area contributed by atoms with E-state index < -0.39 is 11.0 Å². The molecular formula is C20H25FIN5O4. The first-order valence-electron chi connectivity index (χ1n) is 9.53. The summed E-state index contributed by atoms with van der Waals surface area (Å²) in [7, 11) is 0. The maximum Gasteiger partial charge on any atom is 0.269 e. The van der Waals surface area contributed by atoms with Gasteiger partial charge in [0.15, 0.2) is 5.96 Å². The van der Waals surface area contributed by atoms with Gasteiger partial charge in [-0.1, -0.05) is 0 Å². The summed E-state index contributed by atoms with van der Waals surface area (Å²) in [5.74, 6) is 0.515. The molecule has 1 unspecified atom stereocenters. The predicted octanol–water partition coefficient (Wildman–Crippen LogP) is 2.23. The maximum absolute atomic E-state index is 13.1. The van der Waals surface area contributed by atoms with E-state index in [4.69, 9.17) is 10.5 Å². The second-order valence-corrected chi connectivity index (χ2v) is 6.87. The minimum absolute atomic E-state index is 0. The Morgan fingerprint density at radius 1 is 1.16 bits per heavy atom. The molecule has 1 atom stereocenters. The molecule has 0 amide bonds. The van der Waals surface area contributed by atoms with E-state index in [1.807, 2.05) is 4.90 Å². The first kappa shape index (κ1) is 24.6. The number of anilines is 1. The first-order valence-corrected chi connectivity index (χ1v) is 9.53. The Bertz CT molecular complexity index is 874. The van der Waals surface area contributed by atoms with Gasteiger partial charge in [0.1, 0.15) is 24.3 Å². The van der Waals surface area contributed by atoms with Crippen molar-refractivity contribution in [1.82, 2.24) is 4.90 Å². The Kier molecular flexibility index (Phi) is 9.24. The molecular weight excluding hydrogens is 520 g/mol. The average molecular weight is 545 g/mol. The highest BCUT2D eigenvalue weighted by atomic mass is 127. The Balaban J connectivity index is 0.00000341. The van der Waals surface area contributed by atoms with E-state index in [2.05, 4.69) is 9.89 Å². The van der Waals surface area contributed by atoms with Crippen LogP contribution in [0.4, 0.5) is 15.8 Å². The van der Waals surface area contributed by atoms with E-state index >= 15 is 0 Å². The lowest BCUT2D eigenvalue weighted by Crippen LogP contribution is -2.51. The summed E-state index contributed by atoms with van der Waals surface area (Å²) in [6, 6.07) is 12.0. The van der Waals surface area contributed by atoms with E-state index in [0.29, 0.717) is 24.8 Å². The van der Waals surface area contributed by atoms with Gasteiger partial charge in [0.2, 0.25) is 0 Å². The minimum Gasteiger partial charge on any atom is -0.491 e. The quantitative estimate of drug-likeness (QED) is 0.180. The SMILES string of the molecule is I.NC(=NCC(O)COc1ccc([N+](=O)[O-])cc1)N1CCN(c2ccc(F)cc2)CC1. The highest BCUT2D eigenvalue weighted by Gasteiger charge is 2.19. The number of nitrogens with zero attached hydrogens (tertiary/aromatic N) is 4. The predicted molar refractivity (Wildman–Crippen MR) is 127 cm³/mol. The molecule has 1 aliphatic heterocycles. The zero-order chi connectivity index (χ0) is 21.5. The average Bonchev–Trinajstić information content (AvgIpc) is 2.77. The molecule has 0 aliphatic carbocycles. The van der Waals surface area contributed by atoms with Gasteiger partial charge in [-0.3, -0.25) is 15.1 Å². The van der Waals surface area contributed by atoms with Gasteiger partial charge in [-0.25, -0.2) is 4.39 Å². The summed E-state index contributed by atoms with van der Waals surface area (Å²) in [5.41, 5.74) is 6.98. The van der Waals surface area contributed by atoms with E-state index in [0.717, 1.165) is 18.8 Å². The van der Waals surface area contributed by atoms with Gasteiger partial charge >= 0.3 is 0 Å². The summed E-state index contributed by atoms with van der Waals surface area (Å²) in [4.78, 5) is 18.5. The fourth-order valence-electron chi connectivity index (χ4n) is 3.05. The maximum atomic E-state index is 13.1. The van der Waals surface area contributed by atoms with Crippen LogP contribution in [0.3, 0.4) is 0 Å². The molecule has 3 N–H and O–H groups in total. The zero-order valence-electron chi connectivity index (χ0n) is 16.8. The van der Waals surface area contributed by atoms with Crippen molar-refractivity contribution >= 4 is 41.3 Å². The molecule has 31 heavy (non-hydrogen) atoms. The number of non-ortho nitro benzene ring substituents is 1. The van der Waals surface area contributed by atoms with Crippen LogP contribution in [0.1, 0.15) is 0 Å². The fourth-order valence-corrected chi connectivity index (χ4v) is 3.05. The summed E-state index contributed by atoms with van der Waals surface area (Å²) < 4.78 is 18.5. The van der Waals surface area contributed by atoms with Crippen LogP contribution < -0.4 is 15.4 Å². The number of guanidine groups is 1. The molecule has 2 aromatic rings. The summed E-state index contributed by atoms with van der Waals surface area (Å²) in [6.45, 7) is 2.87. The largest absolute Gasteiger partial charge is 0.491 e. The lowest BCUT2D eigenvalue weighted by molar-refractivity contribution is -0.384. The smallest absolute Gasteiger partial charge is 0.269 e. The molecule has 1 heterocycles. The van der Waals surface area contributed by atoms with Gasteiger partial charge < -0.3 is 25.4 Å². The fraction of sp³-hybridized carbons (Fsp3) is 0.350. The third kappa shape index (κ3) is 7.21. The van der Waals surface area contributed by atoms with E-state index in [1.165, 1.54) is 36.4 Å². The second-order valence-electron chi connectivity index (χ2n) is 6.87. The van der Waals surface area contributed by atoms with Crippen LogP contribution in [-0.2, 0) is 0 Å². The van der Waals surface area contributed by atoms with Crippen molar-refractivity contribution in [3.8, 4) is 5.75 Å². The molecule has 1 fully saturated rings. The van der Waals surface area contributed by atoms with Gasteiger partial charge in [0.05, 0.1) is 11.5 Å².